The highest BCUT2D eigenvalue weighted by atomic mass is 35.5. The Hall–Kier alpha value is -2.64. The summed E-state index contributed by atoms with van der Waals surface area (Å²) < 4.78 is 7.47. The first-order chi connectivity index (χ1) is 17.0. The number of ether oxygens (including phenoxy) is 1. The molecule has 1 amide bonds. The van der Waals surface area contributed by atoms with Crippen LogP contribution in [0.4, 0.5) is 0 Å². The Kier molecular flexibility index (Phi) is 6.98. The van der Waals surface area contributed by atoms with Crippen LogP contribution in [0.5, 0.6) is 0 Å². The van der Waals surface area contributed by atoms with E-state index in [-0.39, 0.29) is 17.8 Å². The number of carbonyl (C=O) groups is 2. The minimum atomic E-state index is -0.252. The standard InChI is InChI=1S/C27H30ClN3O3S/c1-3-34-27(33)19-7-6-12-30(15-19)26(32)21-13-24(31(17(21)2)14-18-10-11-18)23-16-35-25(29-23)20-8-4-5-9-22(20)28/h4-5,8-9,13,16,18-19H,3,6-7,10-12,14-15H2,1-2H3. The summed E-state index contributed by atoms with van der Waals surface area (Å²) >= 11 is 7.97. The maximum Gasteiger partial charge on any atom is 0.310 e. The first-order valence-electron chi connectivity index (χ1n) is 12.3. The largest absolute Gasteiger partial charge is 0.466 e. The van der Waals surface area contributed by atoms with Crippen molar-refractivity contribution in [3.8, 4) is 22.0 Å². The third-order valence-electron chi connectivity index (χ3n) is 6.93. The van der Waals surface area contributed by atoms with Crippen LogP contribution in [0.15, 0.2) is 35.7 Å². The van der Waals surface area contributed by atoms with Crippen molar-refractivity contribution in [3.63, 3.8) is 0 Å². The van der Waals surface area contributed by atoms with E-state index in [1.807, 2.05) is 54.5 Å². The third kappa shape index (κ3) is 5.02. The summed E-state index contributed by atoms with van der Waals surface area (Å²) in [5.74, 6) is 0.169. The number of nitrogens with zero attached hydrogens (tertiary/aromatic N) is 3. The fourth-order valence-electron chi connectivity index (χ4n) is 4.80. The van der Waals surface area contributed by atoms with Gasteiger partial charge in [0.1, 0.15) is 5.01 Å². The number of hydrogen-bond acceptors (Lipinski definition) is 5. The summed E-state index contributed by atoms with van der Waals surface area (Å²) in [6.07, 6.45) is 4.00. The van der Waals surface area contributed by atoms with Gasteiger partial charge in [-0.15, -0.1) is 11.3 Å². The zero-order valence-electron chi connectivity index (χ0n) is 20.1. The monoisotopic (exact) mass is 511 g/mol. The highest BCUT2D eigenvalue weighted by Crippen LogP contribution is 2.38. The molecule has 1 aliphatic carbocycles. The van der Waals surface area contributed by atoms with E-state index in [2.05, 4.69) is 4.57 Å². The van der Waals surface area contributed by atoms with Gasteiger partial charge in [0.05, 0.1) is 34.5 Å². The number of rotatable bonds is 7. The average Bonchev–Trinajstić information content (AvgIpc) is 3.46. The Morgan fingerprint density at radius 3 is 2.77 bits per heavy atom. The summed E-state index contributed by atoms with van der Waals surface area (Å²) in [5.41, 5.74) is 4.39. The normalized spacial score (nSPS) is 18.0. The van der Waals surface area contributed by atoms with E-state index in [1.54, 1.807) is 11.3 Å². The topological polar surface area (TPSA) is 64.4 Å². The van der Waals surface area contributed by atoms with E-state index in [0.717, 1.165) is 47.0 Å². The number of likely N-dealkylation sites (tertiary alicyclic amines) is 1. The van der Waals surface area contributed by atoms with Crippen molar-refractivity contribution in [2.24, 2.45) is 11.8 Å². The first-order valence-corrected chi connectivity index (χ1v) is 13.6. The van der Waals surface area contributed by atoms with E-state index in [4.69, 9.17) is 21.3 Å². The van der Waals surface area contributed by atoms with E-state index in [9.17, 15) is 9.59 Å². The molecule has 6 nitrogen and oxygen atoms in total. The summed E-state index contributed by atoms with van der Waals surface area (Å²) in [5, 5.41) is 3.58. The highest BCUT2D eigenvalue weighted by molar-refractivity contribution is 7.13. The predicted octanol–water partition coefficient (Wildman–Crippen LogP) is 6.07. The van der Waals surface area contributed by atoms with Crippen molar-refractivity contribution >= 4 is 34.8 Å². The molecule has 2 aliphatic rings. The first kappa shape index (κ1) is 24.1. The van der Waals surface area contributed by atoms with E-state index < -0.39 is 0 Å². The smallest absolute Gasteiger partial charge is 0.310 e. The Labute approximate surface area is 214 Å². The van der Waals surface area contributed by atoms with E-state index >= 15 is 0 Å². The highest BCUT2D eigenvalue weighted by Gasteiger charge is 2.32. The molecule has 1 aromatic carbocycles. The molecule has 3 heterocycles. The second-order valence-electron chi connectivity index (χ2n) is 9.44. The molecule has 0 radical (unpaired) electrons. The summed E-state index contributed by atoms with van der Waals surface area (Å²) in [4.78, 5) is 32.7. The Balaban J connectivity index is 1.45. The fourth-order valence-corrected chi connectivity index (χ4v) is 5.94. The molecule has 0 N–H and O–H groups in total. The molecule has 1 saturated carbocycles. The molecule has 184 valence electrons. The van der Waals surface area contributed by atoms with E-state index in [1.165, 1.54) is 12.8 Å². The summed E-state index contributed by atoms with van der Waals surface area (Å²) in [6, 6.07) is 9.71. The Bertz CT molecular complexity index is 1250. The van der Waals surface area contributed by atoms with Crippen LogP contribution in [0.25, 0.3) is 22.0 Å². The van der Waals surface area contributed by atoms with Crippen LogP contribution < -0.4 is 0 Å². The molecule has 0 spiro atoms. The third-order valence-corrected chi connectivity index (χ3v) is 8.14. The van der Waals surface area contributed by atoms with Crippen LogP contribution in [0.1, 0.15) is 48.7 Å². The van der Waals surface area contributed by atoms with Gasteiger partial charge in [0, 0.05) is 36.3 Å². The number of aromatic nitrogens is 2. The van der Waals surface area contributed by atoms with Gasteiger partial charge in [-0.3, -0.25) is 9.59 Å². The van der Waals surface area contributed by atoms with Gasteiger partial charge in [-0.05, 0) is 57.6 Å². The molecule has 5 rings (SSSR count). The molecule has 1 unspecified atom stereocenters. The van der Waals surface area contributed by atoms with Crippen molar-refractivity contribution in [1.82, 2.24) is 14.5 Å². The second kappa shape index (κ2) is 10.2. The van der Waals surface area contributed by atoms with Crippen molar-refractivity contribution in [2.45, 2.75) is 46.1 Å². The van der Waals surface area contributed by atoms with Gasteiger partial charge in [-0.25, -0.2) is 4.98 Å². The molecule has 1 atom stereocenters. The molecule has 2 fully saturated rings. The zero-order valence-corrected chi connectivity index (χ0v) is 21.7. The van der Waals surface area contributed by atoms with Crippen LogP contribution >= 0.6 is 22.9 Å². The van der Waals surface area contributed by atoms with Crippen LogP contribution in [-0.4, -0.2) is 46.0 Å². The summed E-state index contributed by atoms with van der Waals surface area (Å²) in [6.45, 7) is 6.15. The molecule has 35 heavy (non-hydrogen) atoms. The van der Waals surface area contributed by atoms with Crippen molar-refractivity contribution in [3.05, 3.63) is 52.0 Å². The number of piperidine rings is 1. The number of amides is 1. The van der Waals surface area contributed by atoms with Gasteiger partial charge in [0.2, 0.25) is 0 Å². The maximum absolute atomic E-state index is 13.6. The Morgan fingerprint density at radius 1 is 1.23 bits per heavy atom. The lowest BCUT2D eigenvalue weighted by atomic mass is 9.97. The van der Waals surface area contributed by atoms with Crippen LogP contribution in [0, 0.1) is 18.8 Å². The van der Waals surface area contributed by atoms with Crippen molar-refractivity contribution in [1.29, 1.82) is 0 Å². The predicted molar refractivity (Wildman–Crippen MR) is 139 cm³/mol. The van der Waals surface area contributed by atoms with Crippen molar-refractivity contribution < 1.29 is 14.3 Å². The minimum Gasteiger partial charge on any atom is -0.466 e. The second-order valence-corrected chi connectivity index (χ2v) is 10.7. The number of benzene rings is 1. The number of thiazole rings is 1. The molecule has 2 aromatic heterocycles. The molecule has 1 saturated heterocycles. The zero-order chi connectivity index (χ0) is 24.5. The average molecular weight is 512 g/mol. The minimum absolute atomic E-state index is 0.0196. The number of carbonyl (C=O) groups excluding carboxylic acids is 2. The molecule has 0 bridgehead atoms. The van der Waals surface area contributed by atoms with Gasteiger partial charge in [0.25, 0.3) is 5.91 Å². The van der Waals surface area contributed by atoms with Crippen LogP contribution in [0.2, 0.25) is 5.02 Å². The van der Waals surface area contributed by atoms with Crippen molar-refractivity contribution in [2.75, 3.05) is 19.7 Å². The lowest BCUT2D eigenvalue weighted by molar-refractivity contribution is -0.149. The molecule has 3 aromatic rings. The van der Waals surface area contributed by atoms with Gasteiger partial charge in [0.15, 0.2) is 0 Å². The van der Waals surface area contributed by atoms with Gasteiger partial charge in [-0.1, -0.05) is 29.8 Å². The van der Waals surface area contributed by atoms with Crippen LogP contribution in [0.3, 0.4) is 0 Å². The molecular weight excluding hydrogens is 482 g/mol. The Morgan fingerprint density at radius 2 is 2.03 bits per heavy atom. The molecule has 8 heteroatoms. The number of hydrogen-bond donors (Lipinski definition) is 0. The lowest BCUT2D eigenvalue weighted by Crippen LogP contribution is -2.43. The molecular formula is C27H30ClN3O3S. The van der Waals surface area contributed by atoms with Gasteiger partial charge < -0.3 is 14.2 Å². The number of esters is 1. The number of halogens is 1. The summed E-state index contributed by atoms with van der Waals surface area (Å²) in [7, 11) is 0. The maximum atomic E-state index is 13.6. The SMILES string of the molecule is CCOC(=O)C1CCCN(C(=O)c2cc(-c3csc(-c4ccccc4Cl)n3)n(CC3CC3)c2C)C1. The molecule has 1 aliphatic heterocycles. The van der Waals surface area contributed by atoms with Gasteiger partial charge in [-0.2, -0.15) is 0 Å². The van der Waals surface area contributed by atoms with E-state index in [0.29, 0.717) is 36.2 Å². The fraction of sp³-hybridized carbons (Fsp3) is 0.444. The quantitative estimate of drug-likeness (QED) is 0.361. The lowest BCUT2D eigenvalue weighted by Gasteiger charge is -2.31. The van der Waals surface area contributed by atoms with Gasteiger partial charge >= 0.3 is 5.97 Å². The van der Waals surface area contributed by atoms with Crippen LogP contribution in [-0.2, 0) is 16.1 Å².